The van der Waals surface area contributed by atoms with Gasteiger partial charge in [-0.25, -0.2) is 9.97 Å². The van der Waals surface area contributed by atoms with Crippen LogP contribution in [0.25, 0.3) is 0 Å². The van der Waals surface area contributed by atoms with E-state index in [4.69, 9.17) is 0 Å². The highest BCUT2D eigenvalue weighted by atomic mass is 32.2. The molecule has 1 aliphatic carbocycles. The lowest BCUT2D eigenvalue weighted by atomic mass is 10.2. The Labute approximate surface area is 126 Å². The van der Waals surface area contributed by atoms with Crippen molar-refractivity contribution < 1.29 is 0 Å². The standard InChI is InChI=1S/C15H26N4S/c1-4-9-16-14-10-15(18-11(3)17-14)19-12-7-6-8-13(12)20-5-2/h10,12-13H,4-9H2,1-3H3,(H2,16,17,18,19). The van der Waals surface area contributed by atoms with Crippen molar-refractivity contribution in [1.29, 1.82) is 0 Å². The Hall–Kier alpha value is -0.970. The van der Waals surface area contributed by atoms with E-state index >= 15 is 0 Å². The van der Waals surface area contributed by atoms with Crippen LogP contribution in [0, 0.1) is 6.92 Å². The lowest BCUT2D eigenvalue weighted by Crippen LogP contribution is -2.27. The number of aromatic nitrogens is 2. The number of aryl methyl sites for hydroxylation is 1. The number of rotatable bonds is 7. The van der Waals surface area contributed by atoms with Crippen molar-refractivity contribution in [1.82, 2.24) is 9.97 Å². The van der Waals surface area contributed by atoms with E-state index in [0.29, 0.717) is 6.04 Å². The second-order valence-electron chi connectivity index (χ2n) is 5.29. The van der Waals surface area contributed by atoms with Gasteiger partial charge in [-0.2, -0.15) is 11.8 Å². The molecule has 0 aliphatic heterocycles. The molecule has 1 heterocycles. The predicted molar refractivity (Wildman–Crippen MR) is 88.7 cm³/mol. The maximum Gasteiger partial charge on any atom is 0.132 e. The summed E-state index contributed by atoms with van der Waals surface area (Å²) in [5, 5.41) is 7.69. The van der Waals surface area contributed by atoms with Crippen molar-refractivity contribution in [3.8, 4) is 0 Å². The Bertz CT molecular complexity index is 424. The van der Waals surface area contributed by atoms with Crippen molar-refractivity contribution >= 4 is 23.4 Å². The third-order valence-corrected chi connectivity index (χ3v) is 4.89. The quantitative estimate of drug-likeness (QED) is 0.803. The highest BCUT2D eigenvalue weighted by Crippen LogP contribution is 2.32. The van der Waals surface area contributed by atoms with Crippen molar-refractivity contribution in [3.63, 3.8) is 0 Å². The van der Waals surface area contributed by atoms with Crippen LogP contribution in [0.3, 0.4) is 0 Å². The maximum absolute atomic E-state index is 4.53. The van der Waals surface area contributed by atoms with Crippen molar-refractivity contribution in [2.24, 2.45) is 0 Å². The lowest BCUT2D eigenvalue weighted by molar-refractivity contribution is 0.760. The van der Waals surface area contributed by atoms with Gasteiger partial charge in [-0.1, -0.05) is 20.3 Å². The van der Waals surface area contributed by atoms with E-state index in [-0.39, 0.29) is 0 Å². The second-order valence-corrected chi connectivity index (χ2v) is 6.80. The summed E-state index contributed by atoms with van der Waals surface area (Å²) in [5.74, 6) is 3.91. The summed E-state index contributed by atoms with van der Waals surface area (Å²) < 4.78 is 0. The molecular formula is C15H26N4S. The van der Waals surface area contributed by atoms with Gasteiger partial charge in [-0.05, 0) is 31.9 Å². The Balaban J connectivity index is 2.02. The highest BCUT2D eigenvalue weighted by molar-refractivity contribution is 7.99. The van der Waals surface area contributed by atoms with Crippen LogP contribution in [0.1, 0.15) is 45.4 Å². The summed E-state index contributed by atoms with van der Waals surface area (Å²) in [6.07, 6.45) is 4.99. The topological polar surface area (TPSA) is 49.8 Å². The minimum Gasteiger partial charge on any atom is -0.370 e. The van der Waals surface area contributed by atoms with E-state index < -0.39 is 0 Å². The molecule has 2 rings (SSSR count). The number of hydrogen-bond acceptors (Lipinski definition) is 5. The van der Waals surface area contributed by atoms with Gasteiger partial charge in [-0.15, -0.1) is 0 Å². The molecule has 5 heteroatoms. The Morgan fingerprint density at radius 1 is 1.25 bits per heavy atom. The smallest absolute Gasteiger partial charge is 0.132 e. The van der Waals surface area contributed by atoms with Crippen LogP contribution >= 0.6 is 11.8 Å². The van der Waals surface area contributed by atoms with Gasteiger partial charge in [0.25, 0.3) is 0 Å². The maximum atomic E-state index is 4.53. The molecule has 1 saturated carbocycles. The molecule has 1 fully saturated rings. The molecule has 1 aliphatic rings. The van der Waals surface area contributed by atoms with Gasteiger partial charge in [0.05, 0.1) is 0 Å². The summed E-state index contributed by atoms with van der Waals surface area (Å²) in [5.41, 5.74) is 0. The van der Waals surface area contributed by atoms with Crippen molar-refractivity contribution in [3.05, 3.63) is 11.9 Å². The Morgan fingerprint density at radius 2 is 2.05 bits per heavy atom. The molecule has 20 heavy (non-hydrogen) atoms. The second kappa shape index (κ2) is 7.72. The molecule has 1 aromatic rings. The fraction of sp³-hybridized carbons (Fsp3) is 0.733. The molecule has 0 aromatic carbocycles. The minimum absolute atomic E-state index is 0.549. The van der Waals surface area contributed by atoms with Crippen molar-refractivity contribution in [2.45, 2.75) is 57.7 Å². The Morgan fingerprint density at radius 3 is 2.80 bits per heavy atom. The van der Waals surface area contributed by atoms with E-state index in [1.165, 1.54) is 25.0 Å². The number of nitrogens with zero attached hydrogens (tertiary/aromatic N) is 2. The zero-order valence-electron chi connectivity index (χ0n) is 12.8. The van der Waals surface area contributed by atoms with E-state index in [1.54, 1.807) is 0 Å². The monoisotopic (exact) mass is 294 g/mol. The summed E-state index contributed by atoms with van der Waals surface area (Å²) >= 11 is 2.07. The van der Waals surface area contributed by atoms with Crippen LogP contribution in [0.5, 0.6) is 0 Å². The fourth-order valence-corrected chi connectivity index (χ4v) is 3.88. The molecule has 0 saturated heterocycles. The highest BCUT2D eigenvalue weighted by Gasteiger charge is 2.27. The molecule has 2 unspecified atom stereocenters. The first-order valence-electron chi connectivity index (χ1n) is 7.70. The van der Waals surface area contributed by atoms with Crippen LogP contribution in [-0.4, -0.2) is 33.6 Å². The first-order valence-corrected chi connectivity index (χ1v) is 8.75. The first kappa shape index (κ1) is 15.4. The molecule has 0 bridgehead atoms. The molecule has 0 spiro atoms. The zero-order valence-corrected chi connectivity index (χ0v) is 13.6. The van der Waals surface area contributed by atoms with Crippen LogP contribution in [0.15, 0.2) is 6.07 Å². The number of thioether (sulfide) groups is 1. The van der Waals surface area contributed by atoms with Gasteiger partial charge in [0.15, 0.2) is 0 Å². The van der Waals surface area contributed by atoms with Gasteiger partial charge in [0.1, 0.15) is 17.5 Å². The molecule has 2 N–H and O–H groups in total. The predicted octanol–water partition coefficient (Wildman–Crippen LogP) is 3.69. The SMILES string of the molecule is CCCNc1cc(NC2CCCC2SCC)nc(C)n1. The van der Waals surface area contributed by atoms with Crippen LogP contribution in [-0.2, 0) is 0 Å². The van der Waals surface area contributed by atoms with Gasteiger partial charge in [0, 0.05) is 23.9 Å². The van der Waals surface area contributed by atoms with Crippen LogP contribution in [0.4, 0.5) is 11.6 Å². The fourth-order valence-electron chi connectivity index (χ4n) is 2.68. The minimum atomic E-state index is 0.549. The molecule has 1 aromatic heterocycles. The van der Waals surface area contributed by atoms with E-state index in [0.717, 1.165) is 35.7 Å². The van der Waals surface area contributed by atoms with Crippen LogP contribution < -0.4 is 10.6 Å². The number of hydrogen-bond donors (Lipinski definition) is 2. The van der Waals surface area contributed by atoms with Crippen molar-refractivity contribution in [2.75, 3.05) is 22.9 Å². The molecule has 0 amide bonds. The summed E-state index contributed by atoms with van der Waals surface area (Å²) in [7, 11) is 0. The largest absolute Gasteiger partial charge is 0.370 e. The molecule has 0 radical (unpaired) electrons. The lowest BCUT2D eigenvalue weighted by Gasteiger charge is -2.21. The third-order valence-electron chi connectivity index (χ3n) is 3.56. The number of nitrogens with one attached hydrogen (secondary N) is 2. The third kappa shape index (κ3) is 4.27. The average molecular weight is 294 g/mol. The average Bonchev–Trinajstić information content (AvgIpc) is 2.84. The molecular weight excluding hydrogens is 268 g/mol. The summed E-state index contributed by atoms with van der Waals surface area (Å²) in [6, 6.07) is 2.59. The Kier molecular flexibility index (Phi) is 5.95. The van der Waals surface area contributed by atoms with Gasteiger partial charge in [0.2, 0.25) is 0 Å². The number of anilines is 2. The van der Waals surface area contributed by atoms with E-state index in [9.17, 15) is 0 Å². The van der Waals surface area contributed by atoms with Gasteiger partial charge < -0.3 is 10.6 Å². The molecule has 2 atom stereocenters. The molecule has 112 valence electrons. The van der Waals surface area contributed by atoms with Crippen LogP contribution in [0.2, 0.25) is 0 Å². The van der Waals surface area contributed by atoms with Gasteiger partial charge >= 0.3 is 0 Å². The van der Waals surface area contributed by atoms with E-state index in [1.807, 2.05) is 13.0 Å². The van der Waals surface area contributed by atoms with Gasteiger partial charge in [-0.3, -0.25) is 0 Å². The zero-order chi connectivity index (χ0) is 14.4. The summed E-state index contributed by atoms with van der Waals surface area (Å²) in [4.78, 5) is 8.96. The normalized spacial score (nSPS) is 21.9. The molecule has 4 nitrogen and oxygen atoms in total. The first-order chi connectivity index (χ1) is 9.72. The van der Waals surface area contributed by atoms with E-state index in [2.05, 4.69) is 46.2 Å². The summed E-state index contributed by atoms with van der Waals surface area (Å²) in [6.45, 7) is 7.30.